The van der Waals surface area contributed by atoms with E-state index in [1.807, 2.05) is 42.5 Å². The van der Waals surface area contributed by atoms with Gasteiger partial charge < -0.3 is 19.4 Å². The molecule has 4 aromatic rings. The van der Waals surface area contributed by atoms with Crippen molar-refractivity contribution in [1.82, 2.24) is 9.88 Å². The molecule has 3 heterocycles. The Balaban J connectivity index is 1.45. The lowest BCUT2D eigenvalue weighted by Crippen LogP contribution is -2.32. The number of benzene rings is 3. The molecule has 1 aromatic heterocycles. The van der Waals surface area contributed by atoms with Crippen LogP contribution in [0.1, 0.15) is 33.2 Å². The number of Topliss-reactive ketones (excluding diaryl/α,β-unsaturated/α-hetero) is 1. The van der Waals surface area contributed by atoms with Gasteiger partial charge in [0, 0.05) is 34.7 Å². The Morgan fingerprint density at radius 2 is 1.78 bits per heavy atom. The molecule has 1 atom stereocenters. The van der Waals surface area contributed by atoms with E-state index in [0.717, 1.165) is 41.2 Å². The minimum atomic E-state index is -0.183. The molecule has 6 rings (SSSR count). The molecule has 3 aromatic carbocycles. The number of aromatic nitrogens is 1. The van der Waals surface area contributed by atoms with Gasteiger partial charge in [0.25, 0.3) is 0 Å². The van der Waals surface area contributed by atoms with E-state index in [-0.39, 0.29) is 18.6 Å². The number of nitrogens with zero attached hydrogens (tertiary/aromatic N) is 1. The number of H-pyrrole nitrogens is 1. The van der Waals surface area contributed by atoms with E-state index in [2.05, 4.69) is 40.0 Å². The van der Waals surface area contributed by atoms with Crippen molar-refractivity contribution in [2.24, 2.45) is 0 Å². The summed E-state index contributed by atoms with van der Waals surface area (Å²) in [5, 5.41) is 1.24. The van der Waals surface area contributed by atoms with Crippen molar-refractivity contribution < 1.29 is 14.3 Å². The first-order valence-corrected chi connectivity index (χ1v) is 10.6. The van der Waals surface area contributed by atoms with Crippen LogP contribution in [0.15, 0.2) is 72.8 Å². The summed E-state index contributed by atoms with van der Waals surface area (Å²) in [6, 6.07) is 26.5. The zero-order valence-electron chi connectivity index (χ0n) is 17.3. The first-order chi connectivity index (χ1) is 15.8. The summed E-state index contributed by atoms with van der Waals surface area (Å²) in [6.45, 7) is 0.958. The molecule has 0 spiro atoms. The van der Waals surface area contributed by atoms with Gasteiger partial charge in [0.2, 0.25) is 12.6 Å². The maximum atomic E-state index is 12.6. The Bertz CT molecular complexity index is 1390. The number of ketones is 1. The summed E-state index contributed by atoms with van der Waals surface area (Å²) in [7, 11) is 0. The second kappa shape index (κ2) is 7.51. The summed E-state index contributed by atoms with van der Waals surface area (Å²) in [6.07, 6.45) is 0.856. The number of rotatable bonds is 2. The van der Waals surface area contributed by atoms with Gasteiger partial charge in [-0.15, -0.1) is 0 Å². The quantitative estimate of drug-likeness (QED) is 0.378. The predicted molar refractivity (Wildman–Crippen MR) is 122 cm³/mol. The van der Waals surface area contributed by atoms with Gasteiger partial charge in [-0.25, -0.2) is 0 Å². The fourth-order valence-electron chi connectivity index (χ4n) is 4.58. The Hall–Kier alpha value is -4.17. The predicted octanol–water partition coefficient (Wildman–Crippen LogP) is 4.69. The molecule has 2 aliphatic heterocycles. The minimum absolute atomic E-state index is 0.142. The van der Waals surface area contributed by atoms with Crippen LogP contribution in [0.4, 0.5) is 0 Å². The molecule has 5 heteroatoms. The van der Waals surface area contributed by atoms with Crippen LogP contribution < -0.4 is 9.47 Å². The maximum Gasteiger partial charge on any atom is 0.237 e. The van der Waals surface area contributed by atoms with Gasteiger partial charge in [-0.05, 0) is 41.7 Å². The average molecular weight is 420 g/mol. The van der Waals surface area contributed by atoms with Crippen LogP contribution in [0.25, 0.3) is 10.9 Å². The zero-order chi connectivity index (χ0) is 21.5. The van der Waals surface area contributed by atoms with Crippen LogP contribution in [0.3, 0.4) is 0 Å². The molecule has 0 fully saturated rings. The van der Waals surface area contributed by atoms with Crippen molar-refractivity contribution in [3.63, 3.8) is 0 Å². The number of carbonyl (C=O) groups excluding carboxylic acids is 1. The van der Waals surface area contributed by atoms with Crippen LogP contribution >= 0.6 is 0 Å². The van der Waals surface area contributed by atoms with E-state index >= 15 is 0 Å². The SMILES string of the molecule is O=C(C#CN1CCc2c([nH]c3ccccc23)C1c1ccc2c(c1)OCO2)c1ccccc1. The Labute approximate surface area is 185 Å². The van der Waals surface area contributed by atoms with Gasteiger partial charge in [-0.3, -0.25) is 4.79 Å². The summed E-state index contributed by atoms with van der Waals surface area (Å²) < 4.78 is 11.1. The Morgan fingerprint density at radius 1 is 0.969 bits per heavy atom. The molecule has 0 saturated carbocycles. The number of fused-ring (bicyclic) bond motifs is 4. The van der Waals surface area contributed by atoms with E-state index in [4.69, 9.17) is 9.47 Å². The number of nitrogens with one attached hydrogen (secondary N) is 1. The monoisotopic (exact) mass is 420 g/mol. The minimum Gasteiger partial charge on any atom is -0.454 e. The van der Waals surface area contributed by atoms with Crippen LogP contribution in [-0.2, 0) is 6.42 Å². The number of carbonyl (C=O) groups is 1. The highest BCUT2D eigenvalue weighted by molar-refractivity contribution is 6.08. The molecule has 0 bridgehead atoms. The van der Waals surface area contributed by atoms with Crippen molar-refractivity contribution in [2.45, 2.75) is 12.5 Å². The fraction of sp³-hybridized carbons (Fsp3) is 0.148. The number of hydrogen-bond donors (Lipinski definition) is 1. The van der Waals surface area contributed by atoms with Crippen LogP contribution in [0, 0.1) is 12.0 Å². The summed E-state index contributed by atoms with van der Waals surface area (Å²) in [5.41, 5.74) is 5.16. The van der Waals surface area contributed by atoms with Gasteiger partial charge in [-0.1, -0.05) is 54.6 Å². The standard InChI is InChI=1S/C27H20N2O3/c30-23(18-6-2-1-3-7-18)13-15-29-14-12-21-20-8-4-5-9-22(20)28-26(21)27(29)19-10-11-24-25(16-19)32-17-31-24/h1-11,16,27-28H,12,14,17H2. The van der Waals surface area contributed by atoms with Crippen molar-refractivity contribution in [3.05, 3.63) is 95.2 Å². The smallest absolute Gasteiger partial charge is 0.237 e. The lowest BCUT2D eigenvalue weighted by atomic mass is 9.92. The van der Waals surface area contributed by atoms with Gasteiger partial charge in [-0.2, -0.15) is 0 Å². The van der Waals surface area contributed by atoms with Gasteiger partial charge in [0.15, 0.2) is 11.5 Å². The van der Waals surface area contributed by atoms with Crippen molar-refractivity contribution in [2.75, 3.05) is 13.3 Å². The molecule has 32 heavy (non-hydrogen) atoms. The lowest BCUT2D eigenvalue weighted by molar-refractivity contribution is 0.105. The average Bonchev–Trinajstić information content (AvgIpc) is 3.46. The number of hydrogen-bond acceptors (Lipinski definition) is 4. The maximum absolute atomic E-state index is 12.6. The summed E-state index contributed by atoms with van der Waals surface area (Å²) in [5.74, 6) is 4.15. The van der Waals surface area contributed by atoms with Crippen LogP contribution in [0.2, 0.25) is 0 Å². The van der Waals surface area contributed by atoms with Gasteiger partial charge in [0.1, 0.15) is 6.04 Å². The number of aromatic amines is 1. The highest BCUT2D eigenvalue weighted by Gasteiger charge is 2.31. The molecule has 0 amide bonds. The van der Waals surface area contributed by atoms with Crippen molar-refractivity contribution in [1.29, 1.82) is 0 Å². The first kappa shape index (κ1) is 18.6. The third kappa shape index (κ3) is 3.09. The second-order valence-corrected chi connectivity index (χ2v) is 7.95. The van der Waals surface area contributed by atoms with E-state index in [1.165, 1.54) is 10.9 Å². The normalized spacial score (nSPS) is 16.4. The second-order valence-electron chi connectivity index (χ2n) is 7.95. The highest BCUT2D eigenvalue weighted by Crippen LogP contribution is 2.41. The van der Waals surface area contributed by atoms with E-state index in [0.29, 0.717) is 5.56 Å². The molecular formula is C27H20N2O3. The first-order valence-electron chi connectivity index (χ1n) is 10.6. The Kier molecular flexibility index (Phi) is 4.36. The molecule has 156 valence electrons. The largest absolute Gasteiger partial charge is 0.454 e. The van der Waals surface area contributed by atoms with Gasteiger partial charge in [0.05, 0.1) is 0 Å². The topological polar surface area (TPSA) is 54.6 Å². The third-order valence-corrected chi connectivity index (χ3v) is 6.10. The zero-order valence-corrected chi connectivity index (χ0v) is 17.3. The van der Waals surface area contributed by atoms with E-state index < -0.39 is 0 Å². The van der Waals surface area contributed by atoms with E-state index in [1.54, 1.807) is 12.1 Å². The number of ether oxygens (including phenoxy) is 2. The molecular weight excluding hydrogens is 400 g/mol. The van der Waals surface area contributed by atoms with Crippen molar-refractivity contribution in [3.8, 4) is 23.5 Å². The van der Waals surface area contributed by atoms with Crippen LogP contribution in [-0.4, -0.2) is 29.0 Å². The molecule has 0 aliphatic carbocycles. The highest BCUT2D eigenvalue weighted by atomic mass is 16.7. The molecule has 5 nitrogen and oxygen atoms in total. The Morgan fingerprint density at radius 3 is 2.69 bits per heavy atom. The van der Waals surface area contributed by atoms with E-state index in [9.17, 15) is 4.79 Å². The fourth-order valence-corrected chi connectivity index (χ4v) is 4.58. The molecule has 0 saturated heterocycles. The molecule has 2 aliphatic rings. The molecule has 1 N–H and O–H groups in total. The molecule has 1 unspecified atom stereocenters. The summed E-state index contributed by atoms with van der Waals surface area (Å²) in [4.78, 5) is 18.3. The third-order valence-electron chi connectivity index (χ3n) is 6.10. The van der Waals surface area contributed by atoms with Gasteiger partial charge >= 0.3 is 0 Å². The number of para-hydroxylation sites is 1. The van der Waals surface area contributed by atoms with Crippen molar-refractivity contribution >= 4 is 16.7 Å². The van der Waals surface area contributed by atoms with Crippen LogP contribution in [0.5, 0.6) is 11.5 Å². The lowest BCUT2D eigenvalue weighted by Gasteiger charge is -2.33. The molecule has 0 radical (unpaired) electrons. The summed E-state index contributed by atoms with van der Waals surface area (Å²) >= 11 is 0.